The molecule has 0 radical (unpaired) electrons. The summed E-state index contributed by atoms with van der Waals surface area (Å²) in [5, 5.41) is 14.9. The normalized spacial score (nSPS) is 13.3. The van der Waals surface area contributed by atoms with E-state index < -0.39 is 5.41 Å². The molecule has 1 amide bonds. The summed E-state index contributed by atoms with van der Waals surface area (Å²) in [6.07, 6.45) is 1.01. The van der Waals surface area contributed by atoms with Gasteiger partial charge < -0.3 is 16.3 Å². The highest BCUT2D eigenvalue weighted by Crippen LogP contribution is 2.26. The van der Waals surface area contributed by atoms with Crippen LogP contribution in [0, 0.1) is 5.41 Å². The summed E-state index contributed by atoms with van der Waals surface area (Å²) in [5.41, 5.74) is 4.81. The average molecular weight is 300 g/mol. The molecule has 0 aliphatic heterocycles. The van der Waals surface area contributed by atoms with Crippen molar-refractivity contribution in [2.75, 3.05) is 13.1 Å². The highest BCUT2D eigenvalue weighted by molar-refractivity contribution is 6.06. The molecule has 0 aromatic heterocycles. The van der Waals surface area contributed by atoms with Gasteiger partial charge in [-0.3, -0.25) is 9.69 Å². The van der Waals surface area contributed by atoms with Gasteiger partial charge in [-0.15, -0.1) is 0 Å². The Balaban J connectivity index is 4.74. The molecule has 21 heavy (non-hydrogen) atoms. The van der Waals surface area contributed by atoms with E-state index in [0.717, 1.165) is 6.54 Å². The van der Waals surface area contributed by atoms with Crippen LogP contribution in [-0.2, 0) is 4.79 Å². The van der Waals surface area contributed by atoms with E-state index in [1.807, 2.05) is 13.8 Å². The van der Waals surface area contributed by atoms with Crippen LogP contribution in [0.1, 0.15) is 54.4 Å². The summed E-state index contributed by atoms with van der Waals surface area (Å²) in [4.78, 5) is 14.8. The van der Waals surface area contributed by atoms with Crippen LogP contribution >= 0.6 is 0 Å². The molecule has 6 heteroatoms. The summed E-state index contributed by atoms with van der Waals surface area (Å²) in [5.74, 6) is -0.190. The third kappa shape index (κ3) is 4.88. The van der Waals surface area contributed by atoms with Gasteiger partial charge in [0.1, 0.15) is 5.41 Å². The summed E-state index contributed by atoms with van der Waals surface area (Å²) < 4.78 is 0. The number of amidine groups is 1. The van der Waals surface area contributed by atoms with E-state index in [9.17, 15) is 4.79 Å². The maximum Gasteiger partial charge on any atom is 0.233 e. The number of nitrogens with zero attached hydrogens (tertiary/aromatic N) is 2. The Labute approximate surface area is 128 Å². The molecule has 0 bridgehead atoms. The number of hydrogen-bond acceptors (Lipinski definition) is 4. The minimum Gasteiger partial charge on any atom is -0.409 e. The quantitative estimate of drug-likeness (QED) is 0.262. The van der Waals surface area contributed by atoms with Crippen LogP contribution in [0.4, 0.5) is 0 Å². The molecule has 0 saturated carbocycles. The predicted octanol–water partition coefficient (Wildman–Crippen LogP) is 1.77. The maximum atomic E-state index is 12.4. The van der Waals surface area contributed by atoms with Crippen molar-refractivity contribution >= 4 is 11.7 Å². The summed E-state index contributed by atoms with van der Waals surface area (Å²) in [7, 11) is 0. The van der Waals surface area contributed by atoms with Gasteiger partial charge >= 0.3 is 0 Å². The van der Waals surface area contributed by atoms with Crippen molar-refractivity contribution in [3.63, 3.8) is 0 Å². The lowest BCUT2D eigenvalue weighted by Gasteiger charge is -2.32. The first-order valence-corrected chi connectivity index (χ1v) is 7.78. The van der Waals surface area contributed by atoms with E-state index in [0.29, 0.717) is 31.5 Å². The molecule has 0 aliphatic rings. The fourth-order valence-electron chi connectivity index (χ4n) is 2.73. The lowest BCUT2D eigenvalue weighted by molar-refractivity contribution is -0.128. The summed E-state index contributed by atoms with van der Waals surface area (Å²) in [6, 6.07) is 0.848. The molecule has 4 N–H and O–H groups in total. The number of carbonyl (C=O) groups is 1. The lowest BCUT2D eigenvalue weighted by Crippen LogP contribution is -2.51. The molecule has 0 unspecified atom stereocenters. The van der Waals surface area contributed by atoms with Crippen LogP contribution in [0.5, 0.6) is 0 Å². The van der Waals surface area contributed by atoms with E-state index >= 15 is 0 Å². The number of oxime groups is 1. The van der Waals surface area contributed by atoms with Crippen molar-refractivity contribution < 1.29 is 10.0 Å². The van der Waals surface area contributed by atoms with Gasteiger partial charge in [0, 0.05) is 25.2 Å². The van der Waals surface area contributed by atoms with Crippen molar-refractivity contribution in [2.45, 2.75) is 66.5 Å². The molecule has 0 heterocycles. The zero-order valence-corrected chi connectivity index (χ0v) is 14.3. The minimum atomic E-state index is -0.921. The van der Waals surface area contributed by atoms with Crippen molar-refractivity contribution in [2.24, 2.45) is 16.3 Å². The van der Waals surface area contributed by atoms with Crippen LogP contribution in [-0.4, -0.2) is 47.0 Å². The SMILES string of the molecule is CCC(CC)(C(=O)NCCN(C(C)C)C(C)C)C(N)=NO. The molecule has 0 spiro atoms. The topological polar surface area (TPSA) is 91.0 Å². The molecule has 0 rings (SSSR count). The smallest absolute Gasteiger partial charge is 0.233 e. The molecule has 0 saturated heterocycles. The molecule has 6 nitrogen and oxygen atoms in total. The van der Waals surface area contributed by atoms with E-state index in [-0.39, 0.29) is 11.7 Å². The monoisotopic (exact) mass is 300 g/mol. The maximum absolute atomic E-state index is 12.4. The highest BCUT2D eigenvalue weighted by Gasteiger charge is 2.39. The molecule has 0 aliphatic carbocycles. The Kier molecular flexibility index (Phi) is 8.32. The molecule has 124 valence electrons. The van der Waals surface area contributed by atoms with Gasteiger partial charge in [-0.25, -0.2) is 0 Å². The van der Waals surface area contributed by atoms with Gasteiger partial charge in [0.2, 0.25) is 5.91 Å². The largest absolute Gasteiger partial charge is 0.409 e. The Morgan fingerprint density at radius 3 is 2.05 bits per heavy atom. The summed E-state index contributed by atoms with van der Waals surface area (Å²) >= 11 is 0. The van der Waals surface area contributed by atoms with Gasteiger partial charge in [0.05, 0.1) is 0 Å². The van der Waals surface area contributed by atoms with Gasteiger partial charge in [-0.2, -0.15) is 0 Å². The van der Waals surface area contributed by atoms with Crippen LogP contribution in [0.2, 0.25) is 0 Å². The molecule has 0 aromatic carbocycles. The average Bonchev–Trinajstić information content (AvgIpc) is 2.44. The first-order valence-electron chi connectivity index (χ1n) is 7.78. The number of amides is 1. The van der Waals surface area contributed by atoms with Crippen LogP contribution in [0.15, 0.2) is 5.16 Å². The molecular formula is C15H32N4O2. The van der Waals surface area contributed by atoms with Gasteiger partial charge in [-0.05, 0) is 40.5 Å². The number of carbonyl (C=O) groups excluding carboxylic acids is 1. The fraction of sp³-hybridized carbons (Fsp3) is 0.867. The Morgan fingerprint density at radius 1 is 1.24 bits per heavy atom. The predicted molar refractivity (Wildman–Crippen MR) is 86.4 cm³/mol. The highest BCUT2D eigenvalue weighted by atomic mass is 16.4. The first kappa shape index (κ1) is 19.7. The number of nitrogens with one attached hydrogen (secondary N) is 1. The summed E-state index contributed by atoms with van der Waals surface area (Å²) in [6.45, 7) is 13.6. The minimum absolute atomic E-state index is 0.0189. The number of nitrogens with two attached hydrogens (primary N) is 1. The number of rotatable bonds is 9. The zero-order chi connectivity index (χ0) is 16.6. The lowest BCUT2D eigenvalue weighted by atomic mass is 9.80. The number of hydrogen-bond donors (Lipinski definition) is 3. The Morgan fingerprint density at radius 2 is 1.71 bits per heavy atom. The van der Waals surface area contributed by atoms with Crippen molar-refractivity contribution in [1.82, 2.24) is 10.2 Å². The first-order chi connectivity index (χ1) is 9.76. The van der Waals surface area contributed by atoms with Gasteiger partial charge in [0.25, 0.3) is 0 Å². The molecule has 0 aromatic rings. The van der Waals surface area contributed by atoms with E-state index in [1.165, 1.54) is 0 Å². The molecule has 0 fully saturated rings. The fourth-order valence-corrected chi connectivity index (χ4v) is 2.73. The Bertz CT molecular complexity index is 342. The van der Waals surface area contributed by atoms with Crippen LogP contribution in [0.3, 0.4) is 0 Å². The van der Waals surface area contributed by atoms with Crippen LogP contribution < -0.4 is 11.1 Å². The second-order valence-corrected chi connectivity index (χ2v) is 5.96. The second-order valence-electron chi connectivity index (χ2n) is 5.96. The molecular weight excluding hydrogens is 268 g/mol. The molecule has 0 atom stereocenters. The zero-order valence-electron chi connectivity index (χ0n) is 14.3. The second kappa shape index (κ2) is 8.87. The van der Waals surface area contributed by atoms with E-state index in [2.05, 4.69) is 43.1 Å². The van der Waals surface area contributed by atoms with Crippen molar-refractivity contribution in [3.8, 4) is 0 Å². The standard InChI is InChI=1S/C15H32N4O2/c1-7-15(8-2,13(16)18-21)14(20)17-9-10-19(11(3)4)12(5)6/h11-12,21H,7-10H2,1-6H3,(H2,16,18)(H,17,20). The van der Waals surface area contributed by atoms with Crippen LogP contribution in [0.25, 0.3) is 0 Å². The van der Waals surface area contributed by atoms with Crippen molar-refractivity contribution in [1.29, 1.82) is 0 Å². The van der Waals surface area contributed by atoms with E-state index in [1.54, 1.807) is 0 Å². The van der Waals surface area contributed by atoms with Gasteiger partial charge in [-0.1, -0.05) is 19.0 Å². The van der Waals surface area contributed by atoms with Gasteiger partial charge in [0.15, 0.2) is 5.84 Å². The van der Waals surface area contributed by atoms with E-state index in [4.69, 9.17) is 10.9 Å². The van der Waals surface area contributed by atoms with Crippen molar-refractivity contribution in [3.05, 3.63) is 0 Å². The third-order valence-electron chi connectivity index (χ3n) is 4.22. The Hall–Kier alpha value is -1.30. The third-order valence-corrected chi connectivity index (χ3v) is 4.22.